The first-order valence-electron chi connectivity index (χ1n) is 6.44. The highest BCUT2D eigenvalue weighted by Gasteiger charge is 2.21. The molecule has 4 nitrogen and oxygen atoms in total. The number of amidine groups is 1. The Morgan fingerprint density at radius 2 is 2.17 bits per heavy atom. The molecule has 0 aromatic heterocycles. The fraction of sp³-hybridized carbons (Fsp3) is 0.500. The molecule has 1 saturated heterocycles. The number of piperidine rings is 1. The van der Waals surface area contributed by atoms with Crippen LogP contribution in [0, 0.1) is 6.92 Å². The molecule has 1 unspecified atom stereocenters. The second kappa shape index (κ2) is 5.87. The van der Waals surface area contributed by atoms with Gasteiger partial charge in [-0.1, -0.05) is 35.0 Å². The number of oxime groups is 1. The quantitative estimate of drug-likeness (QED) is 0.371. The molecule has 1 atom stereocenters. The Labute approximate surface area is 108 Å². The van der Waals surface area contributed by atoms with E-state index in [1.165, 1.54) is 17.5 Å². The van der Waals surface area contributed by atoms with Crippen molar-refractivity contribution in [2.75, 3.05) is 19.6 Å². The maximum Gasteiger partial charge on any atom is 0.153 e. The summed E-state index contributed by atoms with van der Waals surface area (Å²) in [6.45, 7) is 4.67. The summed E-state index contributed by atoms with van der Waals surface area (Å²) in [5.41, 5.74) is 8.25. The number of rotatable bonds is 3. The van der Waals surface area contributed by atoms with Gasteiger partial charge >= 0.3 is 0 Å². The third kappa shape index (κ3) is 3.23. The van der Waals surface area contributed by atoms with Crippen LogP contribution in [0.2, 0.25) is 0 Å². The van der Waals surface area contributed by atoms with Gasteiger partial charge in [0.05, 0.1) is 6.54 Å². The lowest BCUT2D eigenvalue weighted by atomic mass is 9.90. The zero-order chi connectivity index (χ0) is 13.0. The molecule has 1 aliphatic heterocycles. The largest absolute Gasteiger partial charge is 0.409 e. The lowest BCUT2D eigenvalue weighted by molar-refractivity contribution is 0.229. The second-order valence-corrected chi connectivity index (χ2v) is 5.08. The average molecular weight is 247 g/mol. The average Bonchev–Trinajstić information content (AvgIpc) is 2.40. The maximum absolute atomic E-state index is 8.62. The maximum atomic E-state index is 8.62. The van der Waals surface area contributed by atoms with E-state index in [0.29, 0.717) is 18.3 Å². The monoisotopic (exact) mass is 247 g/mol. The molecule has 0 bridgehead atoms. The Hall–Kier alpha value is -1.55. The van der Waals surface area contributed by atoms with Gasteiger partial charge in [-0.3, -0.25) is 4.90 Å². The molecule has 2 rings (SSSR count). The highest BCUT2D eigenvalue weighted by molar-refractivity contribution is 5.81. The van der Waals surface area contributed by atoms with Crippen molar-refractivity contribution in [3.8, 4) is 0 Å². The Balaban J connectivity index is 2.00. The molecule has 1 aromatic rings. The predicted octanol–water partition coefficient (Wildman–Crippen LogP) is 1.92. The Morgan fingerprint density at radius 1 is 1.44 bits per heavy atom. The zero-order valence-electron chi connectivity index (χ0n) is 10.8. The van der Waals surface area contributed by atoms with Crippen molar-refractivity contribution in [1.29, 1.82) is 0 Å². The van der Waals surface area contributed by atoms with Crippen molar-refractivity contribution in [1.82, 2.24) is 4.90 Å². The molecular formula is C14H21N3O. The van der Waals surface area contributed by atoms with Gasteiger partial charge in [-0.25, -0.2) is 0 Å². The van der Waals surface area contributed by atoms with Crippen molar-refractivity contribution in [2.24, 2.45) is 10.9 Å². The Kier molecular flexibility index (Phi) is 4.20. The van der Waals surface area contributed by atoms with E-state index in [-0.39, 0.29) is 0 Å². The molecule has 18 heavy (non-hydrogen) atoms. The Bertz CT molecular complexity index is 414. The van der Waals surface area contributed by atoms with Gasteiger partial charge in [0.2, 0.25) is 0 Å². The lowest BCUT2D eigenvalue weighted by Gasteiger charge is -2.32. The van der Waals surface area contributed by atoms with E-state index < -0.39 is 0 Å². The van der Waals surface area contributed by atoms with Crippen LogP contribution < -0.4 is 5.73 Å². The summed E-state index contributed by atoms with van der Waals surface area (Å²) in [5.74, 6) is 0.852. The number of aryl methyl sites for hydroxylation is 1. The van der Waals surface area contributed by atoms with Gasteiger partial charge in [0.1, 0.15) is 0 Å². The molecule has 0 amide bonds. The molecule has 4 heteroatoms. The zero-order valence-corrected chi connectivity index (χ0v) is 10.8. The van der Waals surface area contributed by atoms with E-state index in [2.05, 4.69) is 41.2 Å². The standard InChI is InChI=1S/C14H21N3O/c1-11-4-6-12(7-5-11)13-3-2-8-17(9-13)10-14(15)16-18/h4-7,13,18H,2-3,8-10H2,1H3,(H2,15,16). The fourth-order valence-electron chi connectivity index (χ4n) is 2.57. The summed E-state index contributed by atoms with van der Waals surface area (Å²) >= 11 is 0. The summed E-state index contributed by atoms with van der Waals surface area (Å²) in [5, 5.41) is 11.7. The number of hydrogen-bond donors (Lipinski definition) is 2. The van der Waals surface area contributed by atoms with E-state index in [4.69, 9.17) is 10.9 Å². The van der Waals surface area contributed by atoms with Crippen LogP contribution in [0.25, 0.3) is 0 Å². The molecule has 1 aliphatic rings. The van der Waals surface area contributed by atoms with Crippen LogP contribution in [0.3, 0.4) is 0 Å². The highest BCUT2D eigenvalue weighted by atomic mass is 16.4. The molecule has 1 aromatic carbocycles. The van der Waals surface area contributed by atoms with E-state index in [9.17, 15) is 0 Å². The van der Waals surface area contributed by atoms with Gasteiger partial charge in [-0.2, -0.15) is 0 Å². The smallest absolute Gasteiger partial charge is 0.153 e. The summed E-state index contributed by atoms with van der Waals surface area (Å²) in [4.78, 5) is 2.25. The van der Waals surface area contributed by atoms with Gasteiger partial charge in [-0.05, 0) is 37.8 Å². The van der Waals surface area contributed by atoms with Gasteiger partial charge in [-0.15, -0.1) is 0 Å². The molecule has 0 radical (unpaired) electrons. The summed E-state index contributed by atoms with van der Waals surface area (Å²) < 4.78 is 0. The minimum atomic E-state index is 0.291. The minimum absolute atomic E-state index is 0.291. The van der Waals surface area contributed by atoms with Gasteiger partial charge in [0.15, 0.2) is 5.84 Å². The molecule has 3 N–H and O–H groups in total. The van der Waals surface area contributed by atoms with E-state index in [1.54, 1.807) is 0 Å². The van der Waals surface area contributed by atoms with Crippen LogP contribution in [0.1, 0.15) is 29.9 Å². The SMILES string of the molecule is Cc1ccc(C2CCCN(C/C(N)=N/O)C2)cc1. The topological polar surface area (TPSA) is 61.8 Å². The Morgan fingerprint density at radius 3 is 2.83 bits per heavy atom. The van der Waals surface area contributed by atoms with E-state index in [0.717, 1.165) is 19.5 Å². The third-order valence-corrected chi connectivity index (χ3v) is 3.57. The van der Waals surface area contributed by atoms with Crippen molar-refractivity contribution in [3.63, 3.8) is 0 Å². The van der Waals surface area contributed by atoms with E-state index in [1.807, 2.05) is 0 Å². The van der Waals surface area contributed by atoms with Crippen molar-refractivity contribution >= 4 is 5.84 Å². The van der Waals surface area contributed by atoms with Crippen LogP contribution >= 0.6 is 0 Å². The molecule has 1 fully saturated rings. The van der Waals surface area contributed by atoms with Gasteiger partial charge < -0.3 is 10.9 Å². The number of nitrogens with two attached hydrogens (primary N) is 1. The molecule has 0 saturated carbocycles. The van der Waals surface area contributed by atoms with Crippen LogP contribution in [-0.2, 0) is 0 Å². The summed E-state index contributed by atoms with van der Waals surface area (Å²) in [6, 6.07) is 8.76. The van der Waals surface area contributed by atoms with Crippen molar-refractivity contribution < 1.29 is 5.21 Å². The van der Waals surface area contributed by atoms with Crippen LogP contribution in [0.4, 0.5) is 0 Å². The number of benzene rings is 1. The summed E-state index contributed by atoms with van der Waals surface area (Å²) in [6.07, 6.45) is 2.38. The van der Waals surface area contributed by atoms with Gasteiger partial charge in [0.25, 0.3) is 0 Å². The first-order chi connectivity index (χ1) is 8.69. The first kappa shape index (κ1) is 12.9. The highest BCUT2D eigenvalue weighted by Crippen LogP contribution is 2.26. The summed E-state index contributed by atoms with van der Waals surface area (Å²) in [7, 11) is 0. The number of hydrogen-bond acceptors (Lipinski definition) is 3. The molecular weight excluding hydrogens is 226 g/mol. The molecule has 0 aliphatic carbocycles. The molecule has 0 spiro atoms. The molecule has 1 heterocycles. The van der Waals surface area contributed by atoms with E-state index >= 15 is 0 Å². The number of nitrogens with zero attached hydrogens (tertiary/aromatic N) is 2. The van der Waals surface area contributed by atoms with Crippen LogP contribution in [0.5, 0.6) is 0 Å². The normalized spacial score (nSPS) is 22.1. The first-order valence-corrected chi connectivity index (χ1v) is 6.44. The third-order valence-electron chi connectivity index (χ3n) is 3.57. The fourth-order valence-corrected chi connectivity index (χ4v) is 2.57. The molecule has 98 valence electrons. The number of likely N-dealkylation sites (tertiary alicyclic amines) is 1. The lowest BCUT2D eigenvalue weighted by Crippen LogP contribution is -2.40. The van der Waals surface area contributed by atoms with Crippen molar-refractivity contribution in [2.45, 2.75) is 25.7 Å². The van der Waals surface area contributed by atoms with Gasteiger partial charge in [0, 0.05) is 6.54 Å². The predicted molar refractivity (Wildman–Crippen MR) is 73.0 cm³/mol. The minimum Gasteiger partial charge on any atom is -0.409 e. The van der Waals surface area contributed by atoms with Crippen LogP contribution in [0.15, 0.2) is 29.4 Å². The van der Waals surface area contributed by atoms with Crippen LogP contribution in [-0.4, -0.2) is 35.6 Å². The second-order valence-electron chi connectivity index (χ2n) is 5.08. The van der Waals surface area contributed by atoms with Crippen molar-refractivity contribution in [3.05, 3.63) is 35.4 Å².